The van der Waals surface area contributed by atoms with E-state index < -0.39 is 0 Å². The Morgan fingerprint density at radius 1 is 1.59 bits per heavy atom. The molecule has 1 aliphatic rings. The summed E-state index contributed by atoms with van der Waals surface area (Å²) in [6.07, 6.45) is 5.58. The van der Waals surface area contributed by atoms with Crippen molar-refractivity contribution in [2.45, 2.75) is 38.6 Å². The number of aliphatic hydroxyl groups excluding tert-OH is 1. The van der Waals surface area contributed by atoms with Gasteiger partial charge in [-0.25, -0.2) is 4.79 Å². The summed E-state index contributed by atoms with van der Waals surface area (Å²) in [6.45, 7) is 7.58. The molecule has 2 amide bonds. The fraction of sp³-hybridized carbons (Fsp3) is 0.769. The van der Waals surface area contributed by atoms with E-state index in [1.807, 2.05) is 17.9 Å². The van der Waals surface area contributed by atoms with Crippen molar-refractivity contribution in [3.8, 4) is 0 Å². The van der Waals surface area contributed by atoms with Gasteiger partial charge < -0.3 is 15.3 Å². The van der Waals surface area contributed by atoms with Crippen LogP contribution in [0.25, 0.3) is 0 Å². The molecular formula is C13H24N2O2. The maximum Gasteiger partial charge on any atom is 0.317 e. The number of likely N-dealkylation sites (tertiary alicyclic amines) is 1. The predicted molar refractivity (Wildman–Crippen MR) is 68.8 cm³/mol. The van der Waals surface area contributed by atoms with Crippen LogP contribution in [0.4, 0.5) is 4.79 Å². The quantitative estimate of drug-likeness (QED) is 0.719. The molecule has 1 heterocycles. The maximum absolute atomic E-state index is 11.9. The van der Waals surface area contributed by atoms with Gasteiger partial charge >= 0.3 is 6.03 Å². The molecular weight excluding hydrogens is 216 g/mol. The molecule has 0 aliphatic carbocycles. The van der Waals surface area contributed by atoms with Crippen molar-refractivity contribution in [3.05, 3.63) is 12.7 Å². The number of nitrogens with one attached hydrogen (secondary N) is 1. The molecule has 0 spiro atoms. The Labute approximate surface area is 104 Å². The van der Waals surface area contributed by atoms with Gasteiger partial charge in [-0.2, -0.15) is 0 Å². The van der Waals surface area contributed by atoms with Crippen molar-refractivity contribution in [1.82, 2.24) is 10.2 Å². The molecule has 4 heteroatoms. The lowest BCUT2D eigenvalue weighted by Gasteiger charge is -2.31. The summed E-state index contributed by atoms with van der Waals surface area (Å²) < 4.78 is 0. The highest BCUT2D eigenvalue weighted by atomic mass is 16.3. The normalized spacial score (nSPS) is 18.8. The van der Waals surface area contributed by atoms with Gasteiger partial charge in [0.25, 0.3) is 0 Å². The van der Waals surface area contributed by atoms with Crippen LogP contribution in [0, 0.1) is 5.92 Å². The number of carbonyl (C=O) groups excluding carboxylic acids is 1. The zero-order valence-electron chi connectivity index (χ0n) is 10.7. The molecule has 0 aromatic rings. The first-order valence-corrected chi connectivity index (χ1v) is 6.46. The SMILES string of the molecule is C=CC1CCN(C(=O)NC(C)CCCO)CC1. The van der Waals surface area contributed by atoms with Crippen LogP contribution in [0.5, 0.6) is 0 Å². The van der Waals surface area contributed by atoms with E-state index in [4.69, 9.17) is 5.11 Å². The number of urea groups is 1. The van der Waals surface area contributed by atoms with Crippen molar-refractivity contribution in [1.29, 1.82) is 0 Å². The van der Waals surface area contributed by atoms with Crippen LogP contribution >= 0.6 is 0 Å². The van der Waals surface area contributed by atoms with Gasteiger partial charge in [0.05, 0.1) is 0 Å². The Hall–Kier alpha value is -1.03. The number of nitrogens with zero attached hydrogens (tertiary/aromatic N) is 1. The third kappa shape index (κ3) is 4.77. The van der Waals surface area contributed by atoms with Gasteiger partial charge in [0.15, 0.2) is 0 Å². The molecule has 1 rings (SSSR count). The monoisotopic (exact) mass is 240 g/mol. The zero-order chi connectivity index (χ0) is 12.7. The Kier molecular flexibility index (Phi) is 6.05. The molecule has 1 unspecified atom stereocenters. The summed E-state index contributed by atoms with van der Waals surface area (Å²) in [5.41, 5.74) is 0. The minimum atomic E-state index is 0.0259. The van der Waals surface area contributed by atoms with Gasteiger partial charge in [-0.3, -0.25) is 0 Å². The van der Waals surface area contributed by atoms with Gasteiger partial charge in [0.2, 0.25) is 0 Å². The molecule has 0 aromatic carbocycles. The number of hydrogen-bond donors (Lipinski definition) is 2. The average molecular weight is 240 g/mol. The largest absolute Gasteiger partial charge is 0.396 e. The average Bonchev–Trinajstić information content (AvgIpc) is 2.36. The van der Waals surface area contributed by atoms with Crippen molar-refractivity contribution in [3.63, 3.8) is 0 Å². The molecule has 17 heavy (non-hydrogen) atoms. The predicted octanol–water partition coefficient (Wildman–Crippen LogP) is 1.75. The van der Waals surface area contributed by atoms with Crippen LogP contribution in [0.2, 0.25) is 0 Å². The smallest absolute Gasteiger partial charge is 0.317 e. The van der Waals surface area contributed by atoms with E-state index in [1.165, 1.54) is 0 Å². The van der Waals surface area contributed by atoms with Gasteiger partial charge in [-0.15, -0.1) is 6.58 Å². The fourth-order valence-corrected chi connectivity index (χ4v) is 2.11. The van der Waals surface area contributed by atoms with Crippen LogP contribution in [-0.2, 0) is 0 Å². The molecule has 0 saturated carbocycles. The molecule has 98 valence electrons. The molecule has 0 bridgehead atoms. The van der Waals surface area contributed by atoms with E-state index in [1.54, 1.807) is 0 Å². The lowest BCUT2D eigenvalue weighted by Crippen LogP contribution is -2.47. The standard InChI is InChI=1S/C13H24N2O2/c1-3-12-6-8-15(9-7-12)13(17)14-11(2)5-4-10-16/h3,11-12,16H,1,4-10H2,2H3,(H,14,17). The Bertz CT molecular complexity index is 248. The van der Waals surface area contributed by atoms with Crippen LogP contribution in [-0.4, -0.2) is 41.8 Å². The number of carbonyl (C=O) groups is 1. The summed E-state index contributed by atoms with van der Waals surface area (Å²) in [5.74, 6) is 0.561. The summed E-state index contributed by atoms with van der Waals surface area (Å²) >= 11 is 0. The fourth-order valence-electron chi connectivity index (χ4n) is 2.11. The molecule has 1 saturated heterocycles. The van der Waals surface area contributed by atoms with Crippen LogP contribution < -0.4 is 5.32 Å². The highest BCUT2D eigenvalue weighted by Crippen LogP contribution is 2.17. The van der Waals surface area contributed by atoms with Crippen molar-refractivity contribution >= 4 is 6.03 Å². The number of allylic oxidation sites excluding steroid dienone is 1. The topological polar surface area (TPSA) is 52.6 Å². The molecule has 4 nitrogen and oxygen atoms in total. The zero-order valence-corrected chi connectivity index (χ0v) is 10.7. The Morgan fingerprint density at radius 3 is 2.76 bits per heavy atom. The van der Waals surface area contributed by atoms with Crippen LogP contribution in [0.3, 0.4) is 0 Å². The first-order chi connectivity index (χ1) is 8.17. The van der Waals surface area contributed by atoms with E-state index >= 15 is 0 Å². The summed E-state index contributed by atoms with van der Waals surface area (Å²) in [6, 6.07) is 0.157. The molecule has 1 fully saturated rings. The van der Waals surface area contributed by atoms with E-state index in [-0.39, 0.29) is 18.7 Å². The first kappa shape index (κ1) is 14.0. The molecule has 0 radical (unpaired) electrons. The summed E-state index contributed by atoms with van der Waals surface area (Å²) in [7, 11) is 0. The third-order valence-corrected chi connectivity index (χ3v) is 3.33. The first-order valence-electron chi connectivity index (χ1n) is 6.46. The third-order valence-electron chi connectivity index (χ3n) is 3.33. The lowest BCUT2D eigenvalue weighted by molar-refractivity contribution is 0.174. The second-order valence-electron chi connectivity index (χ2n) is 4.78. The number of aliphatic hydroxyl groups is 1. The van der Waals surface area contributed by atoms with Crippen LogP contribution in [0.1, 0.15) is 32.6 Å². The molecule has 1 atom stereocenters. The Morgan fingerprint density at radius 2 is 2.24 bits per heavy atom. The second-order valence-corrected chi connectivity index (χ2v) is 4.78. The van der Waals surface area contributed by atoms with Crippen molar-refractivity contribution in [2.75, 3.05) is 19.7 Å². The minimum Gasteiger partial charge on any atom is -0.396 e. The minimum absolute atomic E-state index is 0.0259. The highest BCUT2D eigenvalue weighted by Gasteiger charge is 2.21. The van der Waals surface area contributed by atoms with E-state index in [0.29, 0.717) is 5.92 Å². The van der Waals surface area contributed by atoms with E-state index in [0.717, 1.165) is 38.8 Å². The highest BCUT2D eigenvalue weighted by molar-refractivity contribution is 5.74. The van der Waals surface area contributed by atoms with E-state index in [9.17, 15) is 4.79 Å². The van der Waals surface area contributed by atoms with Gasteiger partial charge in [-0.05, 0) is 38.5 Å². The maximum atomic E-state index is 11.9. The number of hydrogen-bond acceptors (Lipinski definition) is 2. The molecule has 2 N–H and O–H groups in total. The number of rotatable bonds is 5. The second kappa shape index (κ2) is 7.33. The van der Waals surface area contributed by atoms with Crippen LogP contribution in [0.15, 0.2) is 12.7 Å². The van der Waals surface area contributed by atoms with Crippen molar-refractivity contribution in [2.24, 2.45) is 5.92 Å². The van der Waals surface area contributed by atoms with E-state index in [2.05, 4.69) is 11.9 Å². The summed E-state index contributed by atoms with van der Waals surface area (Å²) in [4.78, 5) is 13.8. The Balaban J connectivity index is 2.26. The van der Waals surface area contributed by atoms with Gasteiger partial charge in [-0.1, -0.05) is 6.08 Å². The summed E-state index contributed by atoms with van der Waals surface area (Å²) in [5, 5.41) is 11.7. The number of amides is 2. The van der Waals surface area contributed by atoms with Gasteiger partial charge in [0.1, 0.15) is 0 Å². The lowest BCUT2D eigenvalue weighted by atomic mass is 9.97. The van der Waals surface area contributed by atoms with Crippen molar-refractivity contribution < 1.29 is 9.90 Å². The number of piperidine rings is 1. The molecule has 0 aromatic heterocycles. The van der Waals surface area contributed by atoms with Gasteiger partial charge in [0, 0.05) is 25.7 Å². The molecule has 1 aliphatic heterocycles.